The fourth-order valence-electron chi connectivity index (χ4n) is 2.36. The van der Waals surface area contributed by atoms with Crippen LogP contribution in [0.3, 0.4) is 0 Å². The van der Waals surface area contributed by atoms with Crippen molar-refractivity contribution in [2.45, 2.75) is 32.0 Å². The van der Waals surface area contributed by atoms with Crippen molar-refractivity contribution >= 4 is 11.8 Å². The van der Waals surface area contributed by atoms with Crippen molar-refractivity contribution in [1.82, 2.24) is 5.32 Å². The summed E-state index contributed by atoms with van der Waals surface area (Å²) >= 11 is 0. The smallest absolute Gasteiger partial charge is 0.366 e. The van der Waals surface area contributed by atoms with Crippen LogP contribution in [0.4, 0.5) is 13.2 Å². The Morgan fingerprint density at radius 2 is 1.95 bits per heavy atom. The Kier molecular flexibility index (Phi) is 3.93. The monoisotopic (exact) mass is 300 g/mol. The molecule has 0 radical (unpaired) electrons. The number of hydrogen-bond acceptors (Lipinski definition) is 2. The van der Waals surface area contributed by atoms with Gasteiger partial charge >= 0.3 is 6.18 Å². The van der Waals surface area contributed by atoms with Crippen LogP contribution in [-0.2, 0) is 11.3 Å². The molecular weight excluding hydrogens is 285 g/mol. The minimum atomic E-state index is -4.54. The second-order valence-electron chi connectivity index (χ2n) is 5.18. The van der Waals surface area contributed by atoms with Gasteiger partial charge in [0.25, 0.3) is 0 Å². The molecule has 4 nitrogen and oxygen atoms in total. The Balaban J connectivity index is 2.04. The summed E-state index contributed by atoms with van der Waals surface area (Å²) in [6.45, 7) is -0.0716. The average Bonchev–Trinajstić information content (AvgIpc) is 2.33. The summed E-state index contributed by atoms with van der Waals surface area (Å²) in [7, 11) is 0. The van der Waals surface area contributed by atoms with Gasteiger partial charge < -0.3 is 11.1 Å². The first-order valence-electron chi connectivity index (χ1n) is 6.50. The quantitative estimate of drug-likeness (QED) is 0.894. The van der Waals surface area contributed by atoms with Gasteiger partial charge in [-0.1, -0.05) is 18.6 Å². The third-order valence-electron chi connectivity index (χ3n) is 3.85. The summed E-state index contributed by atoms with van der Waals surface area (Å²) in [5.74, 6) is -1.64. The van der Waals surface area contributed by atoms with Crippen molar-refractivity contribution in [1.29, 1.82) is 0 Å². The highest BCUT2D eigenvalue weighted by atomic mass is 19.4. The van der Waals surface area contributed by atoms with Crippen LogP contribution in [0.15, 0.2) is 24.3 Å². The first-order chi connectivity index (χ1) is 9.76. The number of primary amides is 1. The van der Waals surface area contributed by atoms with E-state index in [2.05, 4.69) is 5.32 Å². The summed E-state index contributed by atoms with van der Waals surface area (Å²) in [4.78, 5) is 22.9. The summed E-state index contributed by atoms with van der Waals surface area (Å²) < 4.78 is 38.9. The Morgan fingerprint density at radius 1 is 1.29 bits per heavy atom. The highest BCUT2D eigenvalue weighted by Gasteiger charge is 2.63. The van der Waals surface area contributed by atoms with Crippen LogP contribution in [0.2, 0.25) is 0 Å². The van der Waals surface area contributed by atoms with E-state index < -0.39 is 23.4 Å². The molecule has 21 heavy (non-hydrogen) atoms. The molecular formula is C14H15F3N2O2. The van der Waals surface area contributed by atoms with E-state index in [9.17, 15) is 22.8 Å². The van der Waals surface area contributed by atoms with E-state index in [0.717, 1.165) is 0 Å². The van der Waals surface area contributed by atoms with Crippen molar-refractivity contribution in [3.05, 3.63) is 35.4 Å². The Labute approximate surface area is 119 Å². The van der Waals surface area contributed by atoms with Crippen LogP contribution in [-0.4, -0.2) is 18.0 Å². The van der Waals surface area contributed by atoms with E-state index in [1.807, 2.05) is 0 Å². The number of carbonyl (C=O) groups is 2. The van der Waals surface area contributed by atoms with Gasteiger partial charge in [-0.05, 0) is 30.5 Å². The molecule has 0 saturated heterocycles. The Bertz CT molecular complexity index is 566. The predicted octanol–water partition coefficient (Wildman–Crippen LogP) is 2.13. The van der Waals surface area contributed by atoms with Gasteiger partial charge in [0.15, 0.2) is 0 Å². The molecule has 7 heteroatoms. The molecule has 1 aromatic carbocycles. The number of halogens is 3. The molecule has 0 aromatic heterocycles. The van der Waals surface area contributed by atoms with Crippen LogP contribution < -0.4 is 11.1 Å². The maximum atomic E-state index is 13.0. The fourth-order valence-corrected chi connectivity index (χ4v) is 2.36. The third-order valence-corrected chi connectivity index (χ3v) is 3.85. The molecule has 0 atom stereocenters. The number of rotatable bonds is 4. The maximum absolute atomic E-state index is 13.0. The zero-order valence-electron chi connectivity index (χ0n) is 11.2. The van der Waals surface area contributed by atoms with Crippen LogP contribution in [0.1, 0.15) is 35.2 Å². The first kappa shape index (κ1) is 15.3. The van der Waals surface area contributed by atoms with Gasteiger partial charge in [-0.3, -0.25) is 9.59 Å². The summed E-state index contributed by atoms with van der Waals surface area (Å²) in [6, 6.07) is 6.11. The molecule has 0 aliphatic heterocycles. The number of carbonyl (C=O) groups excluding carboxylic acids is 2. The van der Waals surface area contributed by atoms with Gasteiger partial charge in [-0.25, -0.2) is 0 Å². The molecule has 1 aliphatic carbocycles. The van der Waals surface area contributed by atoms with Crippen molar-refractivity contribution in [3.63, 3.8) is 0 Å². The lowest BCUT2D eigenvalue weighted by atomic mass is 9.67. The van der Waals surface area contributed by atoms with Gasteiger partial charge in [0.2, 0.25) is 11.8 Å². The minimum absolute atomic E-state index is 0.0716. The van der Waals surface area contributed by atoms with Crippen molar-refractivity contribution in [2.75, 3.05) is 0 Å². The molecule has 1 aliphatic rings. The normalized spacial score (nSPS) is 16.9. The SMILES string of the molecule is NC(=O)c1cccc(CNC(=O)C2(C(F)(F)F)CCC2)c1. The van der Waals surface area contributed by atoms with E-state index in [1.165, 1.54) is 12.1 Å². The average molecular weight is 300 g/mol. The van der Waals surface area contributed by atoms with E-state index >= 15 is 0 Å². The number of hydrogen-bond donors (Lipinski definition) is 2. The zero-order valence-corrected chi connectivity index (χ0v) is 11.2. The minimum Gasteiger partial charge on any atom is -0.366 e. The number of amides is 2. The second-order valence-corrected chi connectivity index (χ2v) is 5.18. The van der Waals surface area contributed by atoms with Crippen molar-refractivity contribution < 1.29 is 22.8 Å². The zero-order chi connectivity index (χ0) is 15.7. The lowest BCUT2D eigenvalue weighted by molar-refractivity contribution is -0.243. The molecule has 1 saturated carbocycles. The Morgan fingerprint density at radius 3 is 2.43 bits per heavy atom. The highest BCUT2D eigenvalue weighted by Crippen LogP contribution is 2.53. The Hall–Kier alpha value is -2.05. The molecule has 2 rings (SSSR count). The molecule has 1 fully saturated rings. The fraction of sp³-hybridized carbons (Fsp3) is 0.429. The molecule has 0 unspecified atom stereocenters. The van der Waals surface area contributed by atoms with Crippen molar-refractivity contribution in [2.24, 2.45) is 11.1 Å². The van der Waals surface area contributed by atoms with Crippen molar-refractivity contribution in [3.8, 4) is 0 Å². The van der Waals surface area contributed by atoms with Crippen LogP contribution in [0.5, 0.6) is 0 Å². The molecule has 3 N–H and O–H groups in total. The molecule has 0 spiro atoms. The lowest BCUT2D eigenvalue weighted by Gasteiger charge is -2.41. The standard InChI is InChI=1S/C14H15F3N2O2/c15-14(16,17)13(5-2-6-13)12(21)19-8-9-3-1-4-10(7-9)11(18)20/h1,3-4,7H,2,5-6,8H2,(H2,18,20)(H,19,21). The summed E-state index contributed by atoms with van der Waals surface area (Å²) in [5.41, 5.74) is 3.64. The van der Waals surface area contributed by atoms with E-state index in [-0.39, 0.29) is 24.9 Å². The number of nitrogens with one attached hydrogen (secondary N) is 1. The van der Waals surface area contributed by atoms with Gasteiger partial charge in [-0.2, -0.15) is 13.2 Å². The lowest BCUT2D eigenvalue weighted by Crippen LogP contribution is -2.54. The highest BCUT2D eigenvalue weighted by molar-refractivity contribution is 5.93. The van der Waals surface area contributed by atoms with E-state index in [0.29, 0.717) is 12.0 Å². The molecule has 2 amide bonds. The van der Waals surface area contributed by atoms with Crippen LogP contribution in [0.25, 0.3) is 0 Å². The first-order valence-corrected chi connectivity index (χ1v) is 6.50. The summed E-state index contributed by atoms with van der Waals surface area (Å²) in [6.07, 6.45) is -4.50. The predicted molar refractivity (Wildman–Crippen MR) is 69.1 cm³/mol. The second kappa shape index (κ2) is 5.38. The van der Waals surface area contributed by atoms with Gasteiger partial charge in [0, 0.05) is 12.1 Å². The largest absolute Gasteiger partial charge is 0.403 e. The molecule has 114 valence electrons. The van der Waals surface area contributed by atoms with E-state index in [4.69, 9.17) is 5.73 Å². The van der Waals surface area contributed by atoms with Gasteiger partial charge in [-0.15, -0.1) is 0 Å². The van der Waals surface area contributed by atoms with Gasteiger partial charge in [0.1, 0.15) is 5.41 Å². The number of benzene rings is 1. The van der Waals surface area contributed by atoms with Crippen LogP contribution in [0, 0.1) is 5.41 Å². The van der Waals surface area contributed by atoms with E-state index in [1.54, 1.807) is 12.1 Å². The van der Waals surface area contributed by atoms with Gasteiger partial charge in [0.05, 0.1) is 0 Å². The molecule has 0 bridgehead atoms. The maximum Gasteiger partial charge on any atom is 0.403 e. The third kappa shape index (κ3) is 2.86. The number of alkyl halides is 3. The van der Waals surface area contributed by atoms with Crippen LogP contribution >= 0.6 is 0 Å². The molecule has 0 heterocycles. The topological polar surface area (TPSA) is 72.2 Å². The molecule has 1 aromatic rings. The summed E-state index contributed by atoms with van der Waals surface area (Å²) in [5, 5.41) is 2.30. The number of nitrogens with two attached hydrogens (primary N) is 1.